The number of hydrogen-bond acceptors (Lipinski definition) is 3. The molecule has 0 saturated carbocycles. The Balaban J connectivity index is 2.24. The molecule has 3 nitrogen and oxygen atoms in total. The van der Waals surface area contributed by atoms with E-state index in [4.69, 9.17) is 10.7 Å². The lowest BCUT2D eigenvalue weighted by atomic mass is 10.2. The van der Waals surface area contributed by atoms with Crippen LogP contribution in [-0.2, 0) is 13.1 Å². The van der Waals surface area contributed by atoms with Gasteiger partial charge >= 0.3 is 0 Å². The van der Waals surface area contributed by atoms with Crippen LogP contribution in [-0.4, -0.2) is 9.55 Å². The minimum Gasteiger partial charge on any atom is -0.326 e. The van der Waals surface area contributed by atoms with Crippen LogP contribution in [0.15, 0.2) is 29.6 Å². The summed E-state index contributed by atoms with van der Waals surface area (Å²) >= 11 is 4.10. The molecule has 2 heterocycles. The topological polar surface area (TPSA) is 43.8 Å². The van der Waals surface area contributed by atoms with E-state index in [9.17, 15) is 0 Å². The standard InChI is InChI=1S/C14H14IN3S/c1-2-18-12-4-3-9(7-16)5-11(12)17-14(18)10-6-13(15)19-8-10/h3-6,8H,2,7,16H2,1H3. The highest BCUT2D eigenvalue weighted by atomic mass is 127. The van der Waals surface area contributed by atoms with Crippen molar-refractivity contribution in [3.63, 3.8) is 0 Å². The Kier molecular flexibility index (Phi) is 3.60. The van der Waals surface area contributed by atoms with Crippen molar-refractivity contribution >= 4 is 45.0 Å². The van der Waals surface area contributed by atoms with Gasteiger partial charge in [-0.1, -0.05) is 6.07 Å². The molecule has 0 unspecified atom stereocenters. The number of hydrogen-bond donors (Lipinski definition) is 1. The SMILES string of the molecule is CCn1c(-c2csc(I)c2)nc2cc(CN)ccc21. The molecule has 0 aliphatic heterocycles. The van der Waals surface area contributed by atoms with E-state index in [0.717, 1.165) is 23.4 Å². The Morgan fingerprint density at radius 1 is 1.37 bits per heavy atom. The number of aryl methyl sites for hydroxylation is 1. The molecule has 3 aromatic rings. The Bertz CT molecular complexity index is 729. The van der Waals surface area contributed by atoms with E-state index in [1.807, 2.05) is 0 Å². The summed E-state index contributed by atoms with van der Waals surface area (Å²) in [7, 11) is 0. The van der Waals surface area contributed by atoms with E-state index in [1.54, 1.807) is 11.3 Å². The Morgan fingerprint density at radius 3 is 2.84 bits per heavy atom. The van der Waals surface area contributed by atoms with Gasteiger partial charge in [0.05, 0.1) is 13.9 Å². The summed E-state index contributed by atoms with van der Waals surface area (Å²) in [5, 5.41) is 2.17. The predicted molar refractivity (Wildman–Crippen MR) is 89.3 cm³/mol. The number of nitrogens with zero attached hydrogens (tertiary/aromatic N) is 2. The quantitative estimate of drug-likeness (QED) is 0.699. The van der Waals surface area contributed by atoms with Crippen molar-refractivity contribution in [3.05, 3.63) is 38.1 Å². The van der Waals surface area contributed by atoms with Gasteiger partial charge in [-0.15, -0.1) is 11.3 Å². The van der Waals surface area contributed by atoms with Crippen molar-refractivity contribution in [1.82, 2.24) is 9.55 Å². The number of rotatable bonds is 3. The molecule has 0 bridgehead atoms. The molecule has 0 aliphatic carbocycles. The summed E-state index contributed by atoms with van der Waals surface area (Å²) in [5.74, 6) is 1.05. The number of benzene rings is 1. The van der Waals surface area contributed by atoms with Crippen LogP contribution in [0.1, 0.15) is 12.5 Å². The van der Waals surface area contributed by atoms with Crippen LogP contribution in [0.5, 0.6) is 0 Å². The maximum absolute atomic E-state index is 5.70. The van der Waals surface area contributed by atoms with Crippen molar-refractivity contribution in [2.75, 3.05) is 0 Å². The summed E-state index contributed by atoms with van der Waals surface area (Å²) in [6.45, 7) is 3.62. The highest BCUT2D eigenvalue weighted by molar-refractivity contribution is 14.1. The number of halogens is 1. The van der Waals surface area contributed by atoms with Gasteiger partial charge in [0.25, 0.3) is 0 Å². The zero-order valence-electron chi connectivity index (χ0n) is 10.6. The van der Waals surface area contributed by atoms with E-state index in [-0.39, 0.29) is 0 Å². The molecule has 19 heavy (non-hydrogen) atoms. The van der Waals surface area contributed by atoms with Gasteiger partial charge in [-0.05, 0) is 53.3 Å². The first kappa shape index (κ1) is 13.1. The number of fused-ring (bicyclic) bond motifs is 1. The highest BCUT2D eigenvalue weighted by Gasteiger charge is 2.12. The maximum Gasteiger partial charge on any atom is 0.141 e. The third-order valence-electron chi connectivity index (χ3n) is 3.19. The summed E-state index contributed by atoms with van der Waals surface area (Å²) in [4.78, 5) is 4.79. The fraction of sp³-hybridized carbons (Fsp3) is 0.214. The minimum atomic E-state index is 0.556. The molecule has 0 radical (unpaired) electrons. The maximum atomic E-state index is 5.70. The summed E-state index contributed by atoms with van der Waals surface area (Å²) in [5.41, 5.74) is 10.2. The Hall–Kier alpha value is -0.920. The number of imidazole rings is 1. The van der Waals surface area contributed by atoms with Gasteiger partial charge in [0.15, 0.2) is 0 Å². The second-order valence-corrected chi connectivity index (χ2v) is 7.15. The van der Waals surface area contributed by atoms with Crippen molar-refractivity contribution in [2.24, 2.45) is 5.73 Å². The van der Waals surface area contributed by atoms with Gasteiger partial charge in [-0.25, -0.2) is 4.98 Å². The minimum absolute atomic E-state index is 0.556. The molecular weight excluding hydrogens is 369 g/mol. The van der Waals surface area contributed by atoms with E-state index in [1.165, 1.54) is 14.0 Å². The van der Waals surface area contributed by atoms with Crippen LogP contribution < -0.4 is 5.73 Å². The van der Waals surface area contributed by atoms with Crippen molar-refractivity contribution in [3.8, 4) is 11.4 Å². The second-order valence-electron chi connectivity index (χ2n) is 4.35. The monoisotopic (exact) mass is 383 g/mol. The number of nitrogens with two attached hydrogens (primary N) is 1. The van der Waals surface area contributed by atoms with E-state index >= 15 is 0 Å². The molecule has 5 heteroatoms. The first-order valence-electron chi connectivity index (χ1n) is 6.16. The lowest BCUT2D eigenvalue weighted by molar-refractivity contribution is 0.796. The van der Waals surface area contributed by atoms with Crippen LogP contribution in [0.3, 0.4) is 0 Å². The lowest BCUT2D eigenvalue weighted by Crippen LogP contribution is -1.97. The third kappa shape index (κ3) is 2.30. The molecule has 3 rings (SSSR count). The van der Waals surface area contributed by atoms with Crippen LogP contribution in [0.2, 0.25) is 0 Å². The zero-order chi connectivity index (χ0) is 13.4. The average molecular weight is 383 g/mol. The Morgan fingerprint density at radius 2 is 2.21 bits per heavy atom. The largest absolute Gasteiger partial charge is 0.326 e. The molecule has 0 atom stereocenters. The summed E-state index contributed by atoms with van der Waals surface area (Å²) in [6, 6.07) is 8.47. The first-order valence-corrected chi connectivity index (χ1v) is 8.12. The molecule has 2 aromatic heterocycles. The lowest BCUT2D eigenvalue weighted by Gasteiger charge is -2.04. The average Bonchev–Trinajstić information content (AvgIpc) is 3.00. The molecule has 0 fully saturated rings. The smallest absolute Gasteiger partial charge is 0.141 e. The van der Waals surface area contributed by atoms with Gasteiger partial charge in [0.2, 0.25) is 0 Å². The molecule has 0 aliphatic rings. The summed E-state index contributed by atoms with van der Waals surface area (Å²) in [6.07, 6.45) is 0. The van der Waals surface area contributed by atoms with Crippen molar-refractivity contribution in [1.29, 1.82) is 0 Å². The normalized spacial score (nSPS) is 11.3. The number of thiophene rings is 1. The van der Waals surface area contributed by atoms with Gasteiger partial charge in [-0.3, -0.25) is 0 Å². The molecule has 0 saturated heterocycles. The van der Waals surface area contributed by atoms with Gasteiger partial charge in [0.1, 0.15) is 5.82 Å². The van der Waals surface area contributed by atoms with Gasteiger partial charge in [-0.2, -0.15) is 0 Å². The second kappa shape index (κ2) is 5.22. The van der Waals surface area contributed by atoms with Crippen molar-refractivity contribution in [2.45, 2.75) is 20.0 Å². The van der Waals surface area contributed by atoms with E-state index in [0.29, 0.717) is 6.54 Å². The Labute approximate surface area is 129 Å². The molecule has 98 valence electrons. The van der Waals surface area contributed by atoms with E-state index < -0.39 is 0 Å². The van der Waals surface area contributed by atoms with Crippen molar-refractivity contribution < 1.29 is 0 Å². The summed E-state index contributed by atoms with van der Waals surface area (Å²) < 4.78 is 3.54. The molecular formula is C14H14IN3S. The molecule has 0 spiro atoms. The van der Waals surface area contributed by atoms with E-state index in [2.05, 4.69) is 63.7 Å². The van der Waals surface area contributed by atoms with Gasteiger partial charge in [0, 0.05) is 24.0 Å². The molecule has 2 N–H and O–H groups in total. The molecule has 1 aromatic carbocycles. The van der Waals surface area contributed by atoms with Crippen LogP contribution in [0.25, 0.3) is 22.4 Å². The highest BCUT2D eigenvalue weighted by Crippen LogP contribution is 2.29. The third-order valence-corrected chi connectivity index (χ3v) is 4.98. The van der Waals surface area contributed by atoms with Crippen LogP contribution in [0.4, 0.5) is 0 Å². The number of aromatic nitrogens is 2. The first-order chi connectivity index (χ1) is 9.22. The van der Waals surface area contributed by atoms with Crippen LogP contribution in [0, 0.1) is 2.88 Å². The fourth-order valence-electron chi connectivity index (χ4n) is 2.27. The predicted octanol–water partition coefficient (Wildman–Crippen LogP) is 3.85. The van der Waals surface area contributed by atoms with Gasteiger partial charge < -0.3 is 10.3 Å². The zero-order valence-corrected chi connectivity index (χ0v) is 13.5. The molecule has 0 amide bonds. The fourth-order valence-corrected chi connectivity index (χ4v) is 3.60. The van der Waals surface area contributed by atoms with Crippen LogP contribution >= 0.6 is 33.9 Å².